The zero-order valence-electron chi connectivity index (χ0n) is 26.1. The fraction of sp³-hybridized carbons (Fsp3) is 0.200. The Balaban J connectivity index is 1.09. The monoisotopic (exact) mass is 684 g/mol. The Kier molecular flexibility index (Phi) is 9.60. The summed E-state index contributed by atoms with van der Waals surface area (Å²) in [6.07, 6.45) is -1.45. The predicted octanol–water partition coefficient (Wildman–Crippen LogP) is 3.99. The Hall–Kier alpha value is -5.73. The quantitative estimate of drug-likeness (QED) is 0.171. The lowest BCUT2D eigenvalue weighted by Crippen LogP contribution is -2.57. The number of amides is 1. The summed E-state index contributed by atoms with van der Waals surface area (Å²) >= 11 is 0. The second kappa shape index (κ2) is 14.2. The summed E-state index contributed by atoms with van der Waals surface area (Å²) in [7, 11) is -4.26. The number of H-pyrrole nitrogens is 1. The van der Waals surface area contributed by atoms with E-state index < -0.39 is 44.4 Å². The average Bonchev–Trinajstić information content (AvgIpc) is 3.72. The fourth-order valence-corrected chi connectivity index (χ4v) is 6.83. The van der Waals surface area contributed by atoms with Gasteiger partial charge in [-0.3, -0.25) is 14.4 Å². The zero-order chi connectivity index (χ0) is 34.4. The van der Waals surface area contributed by atoms with Crippen molar-refractivity contribution in [2.45, 2.75) is 29.8 Å². The second-order valence-electron chi connectivity index (χ2n) is 11.4. The molecule has 0 saturated carbocycles. The summed E-state index contributed by atoms with van der Waals surface area (Å²) in [6.45, 7) is 0.153. The number of aromatic nitrogens is 2. The van der Waals surface area contributed by atoms with E-state index in [-0.39, 0.29) is 32.0 Å². The van der Waals surface area contributed by atoms with Crippen LogP contribution in [0.4, 0.5) is 10.5 Å². The van der Waals surface area contributed by atoms with Gasteiger partial charge in [-0.1, -0.05) is 78.0 Å². The number of hydrogen-bond acceptors (Lipinski definition) is 11. The smallest absolute Gasteiger partial charge is 0.439 e. The lowest BCUT2D eigenvalue weighted by Gasteiger charge is -2.27. The lowest BCUT2D eigenvalue weighted by atomic mass is 10.1. The van der Waals surface area contributed by atoms with Crippen molar-refractivity contribution < 1.29 is 36.7 Å². The van der Waals surface area contributed by atoms with Crippen molar-refractivity contribution in [2.24, 2.45) is 5.73 Å². The first-order chi connectivity index (χ1) is 23.6. The van der Waals surface area contributed by atoms with Crippen molar-refractivity contribution in [3.05, 3.63) is 136 Å². The van der Waals surface area contributed by atoms with Gasteiger partial charge < -0.3 is 19.9 Å². The number of benzene rings is 4. The van der Waals surface area contributed by atoms with E-state index in [1.54, 1.807) is 103 Å². The molecular formula is C35H32N4O9S. The Labute approximate surface area is 281 Å². The van der Waals surface area contributed by atoms with E-state index >= 15 is 0 Å². The number of cyclic esters (lactones) is 1. The number of carbonyl (C=O) groups is 2. The lowest BCUT2D eigenvalue weighted by molar-refractivity contribution is -0.148. The molecule has 6 rings (SSSR count). The van der Waals surface area contributed by atoms with Crippen LogP contribution < -0.4 is 21.1 Å². The zero-order valence-corrected chi connectivity index (χ0v) is 26.9. The van der Waals surface area contributed by atoms with E-state index in [0.717, 1.165) is 0 Å². The van der Waals surface area contributed by atoms with Gasteiger partial charge in [0, 0.05) is 17.7 Å². The number of nitrogens with zero attached hydrogens (tertiary/aromatic N) is 2. The molecule has 0 bridgehead atoms. The van der Waals surface area contributed by atoms with Gasteiger partial charge in [0.1, 0.15) is 19.0 Å². The molecule has 2 atom stereocenters. The highest BCUT2D eigenvalue weighted by Crippen LogP contribution is 2.27. The van der Waals surface area contributed by atoms with Crippen LogP contribution in [0, 0.1) is 0 Å². The molecule has 1 aliphatic rings. The van der Waals surface area contributed by atoms with Gasteiger partial charge in [0.2, 0.25) is 4.87 Å². The van der Waals surface area contributed by atoms with E-state index in [0.29, 0.717) is 33.7 Å². The van der Waals surface area contributed by atoms with Gasteiger partial charge in [-0.2, -0.15) is 0 Å². The number of hydrogen-bond donors (Lipinski definition) is 2. The molecular weight excluding hydrogens is 652 g/mol. The Morgan fingerprint density at radius 3 is 2.18 bits per heavy atom. The van der Waals surface area contributed by atoms with Crippen LogP contribution in [0.2, 0.25) is 0 Å². The summed E-state index contributed by atoms with van der Waals surface area (Å²) in [4.78, 5) is 38.8. The van der Waals surface area contributed by atoms with E-state index in [9.17, 15) is 22.8 Å². The highest BCUT2D eigenvalue weighted by atomic mass is 32.2. The first-order valence-corrected chi connectivity index (χ1v) is 16.9. The minimum absolute atomic E-state index is 0.0535. The fourth-order valence-electron chi connectivity index (χ4n) is 5.25. The van der Waals surface area contributed by atoms with E-state index in [4.69, 9.17) is 19.9 Å². The highest BCUT2D eigenvalue weighted by Gasteiger charge is 2.48. The van der Waals surface area contributed by atoms with Gasteiger partial charge in [0.15, 0.2) is 21.8 Å². The largest absolute Gasteiger partial charge is 0.490 e. The van der Waals surface area contributed by atoms with Crippen molar-refractivity contribution in [1.29, 1.82) is 0 Å². The SMILES string of the molecule is NC(Cc1ccc(OCC2CN(c3ccc(-c4noc(=O)[nH]4)cc3)C(=O)O2)cc1)(C(=O)OCc1ccccc1)S(=O)(=O)Cc1ccccc1. The maximum absolute atomic E-state index is 13.7. The number of rotatable bonds is 13. The van der Waals surface area contributed by atoms with Gasteiger partial charge in [-0.05, 0) is 53.1 Å². The maximum atomic E-state index is 13.7. The first kappa shape index (κ1) is 33.2. The molecule has 2 heterocycles. The third-order valence-corrected chi connectivity index (χ3v) is 10.0. The number of sulfone groups is 1. The van der Waals surface area contributed by atoms with Crippen LogP contribution in [0.1, 0.15) is 16.7 Å². The van der Waals surface area contributed by atoms with Gasteiger partial charge >= 0.3 is 17.8 Å². The minimum atomic E-state index is -4.26. The molecule has 5 aromatic rings. The molecule has 13 nitrogen and oxygen atoms in total. The summed E-state index contributed by atoms with van der Waals surface area (Å²) < 4.78 is 48.8. The molecule has 252 valence electrons. The minimum Gasteiger partial charge on any atom is -0.490 e. The van der Waals surface area contributed by atoms with Crippen molar-refractivity contribution in [3.8, 4) is 17.1 Å². The van der Waals surface area contributed by atoms with Crippen LogP contribution in [0.25, 0.3) is 11.4 Å². The standard InChI is InChI=1S/C35H32N4O9S/c36-35(32(40)46-21-25-7-3-1-4-8-25,49(43,44)23-26-9-5-2-6-10-26)19-24-11-17-29(18-12-24)45-22-30-20-39(34(42)47-30)28-15-13-27(14-16-28)31-37-33(41)48-38-31/h1-18,30H,19-23,36H2,(H,37,38,41). The molecule has 1 aromatic heterocycles. The van der Waals surface area contributed by atoms with Crippen molar-refractivity contribution in [1.82, 2.24) is 10.1 Å². The average molecular weight is 685 g/mol. The molecule has 2 unspecified atom stereocenters. The molecule has 1 amide bonds. The normalized spacial score (nSPS) is 15.7. The summed E-state index contributed by atoms with van der Waals surface area (Å²) in [5.41, 5.74) is 9.33. The third kappa shape index (κ3) is 7.71. The topological polar surface area (TPSA) is 184 Å². The molecule has 4 aromatic carbocycles. The number of aromatic amines is 1. The molecule has 3 N–H and O–H groups in total. The molecule has 1 saturated heterocycles. The van der Waals surface area contributed by atoms with Crippen LogP contribution in [-0.4, -0.2) is 54.7 Å². The van der Waals surface area contributed by atoms with Crippen LogP contribution in [0.5, 0.6) is 5.75 Å². The molecule has 49 heavy (non-hydrogen) atoms. The molecule has 1 aliphatic heterocycles. The number of nitrogens with one attached hydrogen (secondary N) is 1. The Morgan fingerprint density at radius 2 is 1.55 bits per heavy atom. The summed E-state index contributed by atoms with van der Waals surface area (Å²) in [5.74, 6) is -1.46. The van der Waals surface area contributed by atoms with E-state index in [2.05, 4.69) is 14.7 Å². The molecule has 0 aliphatic carbocycles. The van der Waals surface area contributed by atoms with Crippen LogP contribution >= 0.6 is 0 Å². The van der Waals surface area contributed by atoms with Gasteiger partial charge in [0.05, 0.1) is 12.3 Å². The van der Waals surface area contributed by atoms with Crippen molar-refractivity contribution in [3.63, 3.8) is 0 Å². The summed E-state index contributed by atoms with van der Waals surface area (Å²) in [5, 5.41) is 3.65. The van der Waals surface area contributed by atoms with Crippen LogP contribution in [0.15, 0.2) is 119 Å². The summed E-state index contributed by atoms with van der Waals surface area (Å²) in [6, 6.07) is 30.7. The Morgan fingerprint density at radius 1 is 0.898 bits per heavy atom. The van der Waals surface area contributed by atoms with Crippen LogP contribution in [0.3, 0.4) is 0 Å². The Bertz CT molecular complexity index is 2070. The molecule has 1 fully saturated rings. The highest BCUT2D eigenvalue weighted by molar-refractivity contribution is 7.92. The molecule has 14 heteroatoms. The number of nitrogens with two attached hydrogens (primary N) is 1. The number of esters is 1. The van der Waals surface area contributed by atoms with Gasteiger partial charge in [0.25, 0.3) is 0 Å². The third-order valence-electron chi connectivity index (χ3n) is 7.91. The first-order valence-electron chi connectivity index (χ1n) is 15.2. The predicted molar refractivity (Wildman–Crippen MR) is 178 cm³/mol. The molecule has 0 radical (unpaired) electrons. The van der Waals surface area contributed by atoms with Crippen molar-refractivity contribution >= 4 is 27.6 Å². The molecule has 0 spiro atoms. The van der Waals surface area contributed by atoms with E-state index in [1.165, 1.54) is 4.90 Å². The van der Waals surface area contributed by atoms with Gasteiger partial charge in [-0.15, -0.1) is 0 Å². The number of ether oxygens (including phenoxy) is 3. The van der Waals surface area contributed by atoms with Gasteiger partial charge in [-0.25, -0.2) is 22.8 Å². The second-order valence-corrected chi connectivity index (χ2v) is 13.7. The maximum Gasteiger partial charge on any atom is 0.439 e. The van der Waals surface area contributed by atoms with Crippen molar-refractivity contribution in [2.75, 3.05) is 18.1 Å². The van der Waals surface area contributed by atoms with Crippen LogP contribution in [-0.2, 0) is 42.9 Å². The van der Waals surface area contributed by atoms with E-state index in [1.807, 2.05) is 6.07 Å². The number of carbonyl (C=O) groups excluding carboxylic acids is 2. The number of anilines is 1.